The molecule has 0 aliphatic rings. The Labute approximate surface area is 80.7 Å². The lowest BCUT2D eigenvalue weighted by Crippen LogP contribution is -2.30. The second kappa shape index (κ2) is 6.46. The maximum atomic E-state index is 11.5. The SMILES string of the molecule is C/C=C(\C=C/CC)C(=O)NC(C)C. The molecule has 0 aliphatic heterocycles. The Kier molecular flexibility index (Phi) is 5.94. The molecule has 2 nitrogen and oxygen atoms in total. The van der Waals surface area contributed by atoms with E-state index in [0.717, 1.165) is 12.0 Å². The third kappa shape index (κ3) is 5.23. The van der Waals surface area contributed by atoms with Crippen LogP contribution in [0.4, 0.5) is 0 Å². The van der Waals surface area contributed by atoms with Crippen LogP contribution in [0.1, 0.15) is 34.1 Å². The zero-order valence-corrected chi connectivity index (χ0v) is 8.92. The molecule has 0 fully saturated rings. The van der Waals surface area contributed by atoms with Gasteiger partial charge in [-0.3, -0.25) is 4.79 Å². The summed E-state index contributed by atoms with van der Waals surface area (Å²) >= 11 is 0. The van der Waals surface area contributed by atoms with Crippen LogP contribution in [0.5, 0.6) is 0 Å². The molecule has 0 unspecified atom stereocenters. The highest BCUT2D eigenvalue weighted by molar-refractivity contribution is 5.96. The van der Waals surface area contributed by atoms with E-state index in [1.807, 2.05) is 45.9 Å². The van der Waals surface area contributed by atoms with Crippen molar-refractivity contribution < 1.29 is 4.79 Å². The fraction of sp³-hybridized carbons (Fsp3) is 0.545. The first-order valence-corrected chi connectivity index (χ1v) is 4.75. The Bertz CT molecular complexity index is 214. The molecule has 0 aromatic rings. The normalized spacial score (nSPS) is 12.5. The first kappa shape index (κ1) is 11.9. The lowest BCUT2D eigenvalue weighted by atomic mass is 10.2. The molecule has 0 spiro atoms. The van der Waals surface area contributed by atoms with Crippen LogP contribution < -0.4 is 5.32 Å². The van der Waals surface area contributed by atoms with Crippen LogP contribution in [0.25, 0.3) is 0 Å². The minimum absolute atomic E-state index is 0.00204. The van der Waals surface area contributed by atoms with Gasteiger partial charge in [0.1, 0.15) is 0 Å². The molecule has 0 heterocycles. The zero-order valence-electron chi connectivity index (χ0n) is 8.92. The Morgan fingerprint density at radius 2 is 2.08 bits per heavy atom. The summed E-state index contributed by atoms with van der Waals surface area (Å²) in [4.78, 5) is 11.5. The lowest BCUT2D eigenvalue weighted by molar-refractivity contribution is -0.117. The Balaban J connectivity index is 4.26. The van der Waals surface area contributed by atoms with Gasteiger partial charge in [0.15, 0.2) is 0 Å². The maximum absolute atomic E-state index is 11.5. The molecular weight excluding hydrogens is 162 g/mol. The summed E-state index contributed by atoms with van der Waals surface area (Å²) in [6, 6.07) is 0.192. The molecule has 1 N–H and O–H groups in total. The summed E-state index contributed by atoms with van der Waals surface area (Å²) in [7, 11) is 0. The molecule has 0 bridgehead atoms. The smallest absolute Gasteiger partial charge is 0.251 e. The van der Waals surface area contributed by atoms with Gasteiger partial charge in [-0.1, -0.05) is 25.2 Å². The molecule has 13 heavy (non-hydrogen) atoms. The third-order valence-corrected chi connectivity index (χ3v) is 1.53. The fourth-order valence-electron chi connectivity index (χ4n) is 0.893. The summed E-state index contributed by atoms with van der Waals surface area (Å²) in [5, 5.41) is 2.84. The molecule has 2 heteroatoms. The fourth-order valence-corrected chi connectivity index (χ4v) is 0.893. The summed E-state index contributed by atoms with van der Waals surface area (Å²) in [5.74, 6) is 0.00204. The second-order valence-electron chi connectivity index (χ2n) is 3.18. The number of carbonyl (C=O) groups excluding carboxylic acids is 1. The third-order valence-electron chi connectivity index (χ3n) is 1.53. The quantitative estimate of drug-likeness (QED) is 0.524. The van der Waals surface area contributed by atoms with Crippen molar-refractivity contribution in [1.82, 2.24) is 5.32 Å². The van der Waals surface area contributed by atoms with E-state index >= 15 is 0 Å². The van der Waals surface area contributed by atoms with Crippen LogP contribution in [0, 0.1) is 0 Å². The van der Waals surface area contributed by atoms with Crippen molar-refractivity contribution >= 4 is 5.91 Å². The molecule has 0 saturated carbocycles. The monoisotopic (exact) mass is 181 g/mol. The topological polar surface area (TPSA) is 29.1 Å². The predicted molar refractivity (Wildman–Crippen MR) is 56.5 cm³/mol. The molecule has 0 atom stereocenters. The van der Waals surface area contributed by atoms with Crippen molar-refractivity contribution in [2.24, 2.45) is 0 Å². The first-order valence-electron chi connectivity index (χ1n) is 4.75. The standard InChI is InChI=1S/C11H19NO/c1-5-7-8-10(6-2)11(13)12-9(3)4/h6-9H,5H2,1-4H3,(H,12,13)/b8-7-,10-6+. The highest BCUT2D eigenvalue weighted by Gasteiger charge is 2.05. The van der Waals surface area contributed by atoms with Crippen LogP contribution in [0.15, 0.2) is 23.8 Å². The number of allylic oxidation sites excluding steroid dienone is 2. The lowest BCUT2D eigenvalue weighted by Gasteiger charge is -2.08. The van der Waals surface area contributed by atoms with Gasteiger partial charge in [-0.25, -0.2) is 0 Å². The van der Waals surface area contributed by atoms with E-state index in [9.17, 15) is 4.79 Å². The van der Waals surface area contributed by atoms with Gasteiger partial charge in [0.05, 0.1) is 0 Å². The van der Waals surface area contributed by atoms with Gasteiger partial charge >= 0.3 is 0 Å². The highest BCUT2D eigenvalue weighted by Crippen LogP contribution is 1.98. The molecule has 74 valence electrons. The summed E-state index contributed by atoms with van der Waals surface area (Å²) in [6.07, 6.45) is 6.61. The van der Waals surface area contributed by atoms with Crippen LogP contribution in [0.2, 0.25) is 0 Å². The van der Waals surface area contributed by atoms with E-state index < -0.39 is 0 Å². The minimum atomic E-state index is 0.00204. The Morgan fingerprint density at radius 1 is 1.46 bits per heavy atom. The van der Waals surface area contributed by atoms with Crippen molar-refractivity contribution in [2.75, 3.05) is 0 Å². The van der Waals surface area contributed by atoms with Crippen LogP contribution in [-0.2, 0) is 4.79 Å². The average molecular weight is 181 g/mol. The van der Waals surface area contributed by atoms with Gasteiger partial charge in [-0.15, -0.1) is 0 Å². The van der Waals surface area contributed by atoms with Gasteiger partial charge in [0, 0.05) is 11.6 Å². The summed E-state index contributed by atoms with van der Waals surface area (Å²) in [5.41, 5.74) is 0.732. The number of amides is 1. The van der Waals surface area contributed by atoms with Crippen LogP contribution in [-0.4, -0.2) is 11.9 Å². The van der Waals surface area contributed by atoms with Gasteiger partial charge in [0.2, 0.25) is 0 Å². The molecule has 0 aromatic heterocycles. The van der Waals surface area contributed by atoms with Crippen LogP contribution in [0.3, 0.4) is 0 Å². The van der Waals surface area contributed by atoms with Crippen molar-refractivity contribution in [2.45, 2.75) is 40.2 Å². The molecule has 0 saturated heterocycles. The molecule has 0 radical (unpaired) electrons. The minimum Gasteiger partial charge on any atom is -0.350 e. The van der Waals surface area contributed by atoms with E-state index in [1.54, 1.807) is 0 Å². The number of hydrogen-bond donors (Lipinski definition) is 1. The number of hydrogen-bond acceptors (Lipinski definition) is 1. The van der Waals surface area contributed by atoms with E-state index in [4.69, 9.17) is 0 Å². The predicted octanol–water partition coefficient (Wildman–Crippen LogP) is 2.42. The number of carbonyl (C=O) groups is 1. The molecule has 1 amide bonds. The largest absolute Gasteiger partial charge is 0.350 e. The van der Waals surface area contributed by atoms with Gasteiger partial charge in [-0.2, -0.15) is 0 Å². The van der Waals surface area contributed by atoms with E-state index in [0.29, 0.717) is 0 Å². The molecule has 0 aliphatic carbocycles. The van der Waals surface area contributed by atoms with Gasteiger partial charge < -0.3 is 5.32 Å². The molecular formula is C11H19NO. The van der Waals surface area contributed by atoms with Gasteiger partial charge in [-0.05, 0) is 27.2 Å². The average Bonchev–Trinajstić information content (AvgIpc) is 2.04. The van der Waals surface area contributed by atoms with Crippen molar-refractivity contribution in [1.29, 1.82) is 0 Å². The van der Waals surface area contributed by atoms with Crippen molar-refractivity contribution in [3.05, 3.63) is 23.8 Å². The van der Waals surface area contributed by atoms with E-state index in [-0.39, 0.29) is 11.9 Å². The Hall–Kier alpha value is -1.05. The zero-order chi connectivity index (χ0) is 10.3. The van der Waals surface area contributed by atoms with Gasteiger partial charge in [0.25, 0.3) is 5.91 Å². The molecule has 0 rings (SSSR count). The highest BCUT2D eigenvalue weighted by atomic mass is 16.1. The first-order chi connectivity index (χ1) is 6.11. The summed E-state index contributed by atoms with van der Waals surface area (Å²) < 4.78 is 0. The number of nitrogens with one attached hydrogen (secondary N) is 1. The van der Waals surface area contributed by atoms with Crippen molar-refractivity contribution in [3.8, 4) is 0 Å². The van der Waals surface area contributed by atoms with E-state index in [2.05, 4.69) is 5.32 Å². The molecule has 0 aromatic carbocycles. The number of rotatable bonds is 4. The van der Waals surface area contributed by atoms with Crippen LogP contribution >= 0.6 is 0 Å². The van der Waals surface area contributed by atoms with E-state index in [1.165, 1.54) is 0 Å². The van der Waals surface area contributed by atoms with Crippen molar-refractivity contribution in [3.63, 3.8) is 0 Å². The maximum Gasteiger partial charge on any atom is 0.251 e. The second-order valence-corrected chi connectivity index (χ2v) is 3.18. The Morgan fingerprint density at radius 3 is 2.46 bits per heavy atom. The summed E-state index contributed by atoms with van der Waals surface area (Å²) in [6.45, 7) is 7.82.